The quantitative estimate of drug-likeness (QED) is 0.226. The molecule has 11 heteroatoms. The average Bonchev–Trinajstić information content (AvgIpc) is 2.90. The van der Waals surface area contributed by atoms with Gasteiger partial charge >= 0.3 is 6.18 Å². The summed E-state index contributed by atoms with van der Waals surface area (Å²) in [6.07, 6.45) is -2.28. The number of aryl methyl sites for hydroxylation is 1. The van der Waals surface area contributed by atoms with Crippen molar-refractivity contribution in [1.29, 1.82) is 0 Å². The van der Waals surface area contributed by atoms with Crippen molar-refractivity contribution < 1.29 is 22.1 Å². The second kappa shape index (κ2) is 10.7. The van der Waals surface area contributed by atoms with Gasteiger partial charge in [0.2, 0.25) is 0 Å². The minimum Gasteiger partial charge on any atom is -0.363 e. The highest BCUT2D eigenvalue weighted by molar-refractivity contribution is 7.71. The van der Waals surface area contributed by atoms with Gasteiger partial charge in [0, 0.05) is 42.9 Å². The molecule has 1 aliphatic heterocycles. The maximum absolute atomic E-state index is 14.8. The van der Waals surface area contributed by atoms with Crippen molar-refractivity contribution in [2.45, 2.75) is 32.6 Å². The highest BCUT2D eigenvalue weighted by Crippen LogP contribution is 2.46. The van der Waals surface area contributed by atoms with Crippen molar-refractivity contribution in [3.8, 4) is 0 Å². The van der Waals surface area contributed by atoms with E-state index in [-0.39, 0.29) is 5.56 Å². The number of alkyl halides is 3. The molecule has 5 rings (SSSR count). The molecule has 3 heterocycles. The number of pyridine rings is 1. The number of aromatic nitrogens is 3. The molecule has 1 saturated heterocycles. The van der Waals surface area contributed by atoms with Gasteiger partial charge in [0.15, 0.2) is 0 Å². The molecule has 0 bridgehead atoms. The van der Waals surface area contributed by atoms with Crippen molar-refractivity contribution in [2.24, 2.45) is 0 Å². The zero-order valence-corrected chi connectivity index (χ0v) is 22.4. The predicted octanol–water partition coefficient (Wildman–Crippen LogP) is 6.17. The molecule has 6 nitrogen and oxygen atoms in total. The van der Waals surface area contributed by atoms with Crippen LogP contribution in [0, 0.1) is 12.7 Å². The fourth-order valence-corrected chi connectivity index (χ4v) is 7.44. The van der Waals surface area contributed by atoms with E-state index >= 15 is 0 Å². The molecule has 1 aliphatic rings. The zero-order valence-electron chi connectivity index (χ0n) is 21.5. The fourth-order valence-electron chi connectivity index (χ4n) is 4.91. The molecule has 4 aromatic rings. The molecule has 0 spiro atoms. The Hall–Kier alpha value is -3.36. The van der Waals surface area contributed by atoms with Crippen molar-refractivity contribution >= 4 is 29.3 Å². The van der Waals surface area contributed by atoms with Gasteiger partial charge in [0.05, 0.1) is 23.3 Å². The van der Waals surface area contributed by atoms with E-state index in [2.05, 4.69) is 37.3 Å². The number of nitrogens with zero attached hydrogens (tertiary/aromatic N) is 4. The summed E-state index contributed by atoms with van der Waals surface area (Å²) in [4.78, 5) is 15.6. The lowest BCUT2D eigenvalue weighted by Crippen LogP contribution is -2.37. The van der Waals surface area contributed by atoms with Crippen molar-refractivity contribution in [3.05, 3.63) is 89.1 Å². The lowest BCUT2D eigenvalue weighted by atomic mass is 10.0. The van der Waals surface area contributed by atoms with E-state index in [1.54, 1.807) is 26.1 Å². The Morgan fingerprint density at radius 2 is 1.77 bits per heavy atom. The molecule has 2 aromatic heterocycles. The Labute approximate surface area is 223 Å². The van der Waals surface area contributed by atoms with Crippen LogP contribution in [0.25, 0.3) is 10.9 Å². The minimum atomic E-state index is -4.80. The fraction of sp³-hybridized carbons (Fsp3) is 0.321. The SMILES string of the molecule is Cc1nc(N[C@H](C)c2cccc(C(F)(F)F)c2F)c2cc(P3(=O)CCN(Cc4ccccc4)CC3)ncc2n1. The molecule has 0 radical (unpaired) electrons. The third kappa shape index (κ3) is 5.82. The minimum absolute atomic E-state index is 0.137. The van der Waals surface area contributed by atoms with Gasteiger partial charge in [-0.25, -0.2) is 14.4 Å². The first-order valence-electron chi connectivity index (χ1n) is 12.6. The van der Waals surface area contributed by atoms with Crippen LogP contribution in [-0.4, -0.2) is 45.3 Å². The van der Waals surface area contributed by atoms with Crippen molar-refractivity contribution in [2.75, 3.05) is 30.7 Å². The number of hydrogen-bond acceptors (Lipinski definition) is 6. The summed E-state index contributed by atoms with van der Waals surface area (Å²) < 4.78 is 68.5. The van der Waals surface area contributed by atoms with E-state index in [0.717, 1.165) is 12.6 Å². The van der Waals surface area contributed by atoms with Crippen LogP contribution in [0.5, 0.6) is 0 Å². The first-order valence-corrected chi connectivity index (χ1v) is 14.7. The van der Waals surface area contributed by atoms with Gasteiger partial charge < -0.3 is 9.88 Å². The third-order valence-electron chi connectivity index (χ3n) is 7.05. The van der Waals surface area contributed by atoms with Gasteiger partial charge in [-0.3, -0.25) is 9.88 Å². The molecule has 1 fully saturated rings. The largest absolute Gasteiger partial charge is 0.419 e. The summed E-state index contributed by atoms with van der Waals surface area (Å²) in [6.45, 7) is 5.38. The topological polar surface area (TPSA) is 71.0 Å². The number of hydrogen-bond donors (Lipinski definition) is 1. The van der Waals surface area contributed by atoms with Gasteiger partial charge in [-0.15, -0.1) is 0 Å². The molecule has 39 heavy (non-hydrogen) atoms. The summed E-state index contributed by atoms with van der Waals surface area (Å²) >= 11 is 0. The van der Waals surface area contributed by atoms with Gasteiger partial charge in [0.1, 0.15) is 30.0 Å². The highest BCUT2D eigenvalue weighted by Gasteiger charge is 2.36. The monoisotopic (exact) mass is 557 g/mol. The van der Waals surface area contributed by atoms with Crippen LogP contribution in [-0.2, 0) is 17.3 Å². The lowest BCUT2D eigenvalue weighted by Gasteiger charge is -2.32. The molecule has 1 atom stereocenters. The molecule has 204 valence electrons. The number of rotatable bonds is 6. The molecule has 0 unspecified atom stereocenters. The summed E-state index contributed by atoms with van der Waals surface area (Å²) in [7, 11) is -2.79. The number of fused-ring (bicyclic) bond motifs is 1. The van der Waals surface area contributed by atoms with Gasteiger partial charge in [-0.2, -0.15) is 13.2 Å². The maximum Gasteiger partial charge on any atom is 0.419 e. The summed E-state index contributed by atoms with van der Waals surface area (Å²) in [6, 6.07) is 14.2. The first kappa shape index (κ1) is 27.2. The predicted molar refractivity (Wildman–Crippen MR) is 144 cm³/mol. The normalized spacial score (nSPS) is 16.8. The number of nitrogens with one attached hydrogen (secondary N) is 1. The van der Waals surface area contributed by atoms with E-state index in [1.165, 1.54) is 17.7 Å². The first-order chi connectivity index (χ1) is 18.5. The summed E-state index contributed by atoms with van der Waals surface area (Å²) in [5.74, 6) is -0.592. The molecular weight excluding hydrogens is 529 g/mol. The Kier molecular flexibility index (Phi) is 7.44. The third-order valence-corrected chi connectivity index (χ3v) is 9.98. The maximum atomic E-state index is 14.8. The molecule has 0 saturated carbocycles. The van der Waals surface area contributed by atoms with Crippen LogP contribution in [0.2, 0.25) is 0 Å². The Morgan fingerprint density at radius 3 is 2.46 bits per heavy atom. The molecule has 2 aromatic carbocycles. The van der Waals surface area contributed by atoms with Gasteiger partial charge in [-0.05, 0) is 31.5 Å². The molecule has 1 N–H and O–H groups in total. The standard InChI is InChI=1S/C28H28F4N5OP/c1-18(21-9-6-10-23(26(21)29)28(30,31)32)34-27-22-15-25(33-16-24(22)35-19(2)36-27)39(38)13-11-37(12-14-39)17-20-7-4-3-5-8-20/h3-10,15-16,18H,11-14,17H2,1-2H3,(H,34,35,36)/t18-/m1/s1. The lowest BCUT2D eigenvalue weighted by molar-refractivity contribution is -0.140. The number of halogens is 4. The van der Waals surface area contributed by atoms with Gasteiger partial charge in [-0.1, -0.05) is 42.5 Å². The van der Waals surface area contributed by atoms with E-state index in [1.807, 2.05) is 18.2 Å². The summed E-state index contributed by atoms with van der Waals surface area (Å²) in [5, 5.41) is 3.59. The highest BCUT2D eigenvalue weighted by atomic mass is 31.2. The number of benzene rings is 2. The zero-order chi connectivity index (χ0) is 27.8. The van der Waals surface area contributed by atoms with Crippen molar-refractivity contribution in [3.63, 3.8) is 0 Å². The van der Waals surface area contributed by atoms with Crippen LogP contribution < -0.4 is 10.8 Å². The average molecular weight is 558 g/mol. The second-order valence-electron chi connectivity index (χ2n) is 9.85. The van der Waals surface area contributed by atoms with E-state index < -0.39 is 30.7 Å². The van der Waals surface area contributed by atoms with Crippen LogP contribution in [0.4, 0.5) is 23.4 Å². The van der Waals surface area contributed by atoms with Gasteiger partial charge in [0.25, 0.3) is 0 Å². The number of anilines is 1. The Morgan fingerprint density at radius 1 is 1.05 bits per heavy atom. The van der Waals surface area contributed by atoms with Crippen LogP contribution in [0.3, 0.4) is 0 Å². The smallest absolute Gasteiger partial charge is 0.363 e. The Bertz CT molecular complexity index is 1530. The van der Waals surface area contributed by atoms with E-state index in [9.17, 15) is 22.1 Å². The molecule has 0 aliphatic carbocycles. The molecule has 0 amide bonds. The van der Waals surface area contributed by atoms with Crippen LogP contribution in [0.1, 0.15) is 35.5 Å². The van der Waals surface area contributed by atoms with Crippen LogP contribution >= 0.6 is 7.14 Å². The second-order valence-corrected chi connectivity index (χ2v) is 13.0. The molecular formula is C28H28F4N5OP. The van der Waals surface area contributed by atoms with Crippen LogP contribution in [0.15, 0.2) is 60.8 Å². The van der Waals surface area contributed by atoms with Crippen molar-refractivity contribution in [1.82, 2.24) is 19.9 Å². The van der Waals surface area contributed by atoms with E-state index in [0.29, 0.717) is 53.4 Å². The van der Waals surface area contributed by atoms with E-state index in [4.69, 9.17) is 0 Å². The Balaban J connectivity index is 1.41. The summed E-state index contributed by atoms with van der Waals surface area (Å²) in [5.41, 5.74) is 0.720.